The Kier molecular flexibility index (Phi) is 4.53. The van der Waals surface area contributed by atoms with Crippen molar-refractivity contribution in [1.82, 2.24) is 20.3 Å². The zero-order valence-electron chi connectivity index (χ0n) is 14.4. The van der Waals surface area contributed by atoms with Gasteiger partial charge in [0.25, 0.3) is 11.1 Å². The van der Waals surface area contributed by atoms with Gasteiger partial charge in [-0.3, -0.25) is 9.59 Å². The smallest absolute Gasteiger partial charge is 0.290 e. The van der Waals surface area contributed by atoms with Gasteiger partial charge in [-0.05, 0) is 30.4 Å². The molecule has 26 heavy (non-hydrogen) atoms. The van der Waals surface area contributed by atoms with Gasteiger partial charge >= 0.3 is 0 Å². The Bertz CT molecular complexity index is 1030. The molecule has 7 heteroatoms. The van der Waals surface area contributed by atoms with Crippen molar-refractivity contribution in [2.24, 2.45) is 0 Å². The van der Waals surface area contributed by atoms with Crippen LogP contribution in [0.4, 0.5) is 5.82 Å². The number of aromatic amines is 2. The summed E-state index contributed by atoms with van der Waals surface area (Å²) in [6.07, 6.45) is 5.12. The summed E-state index contributed by atoms with van der Waals surface area (Å²) in [5, 5.41) is 4.48. The Morgan fingerprint density at radius 3 is 3.00 bits per heavy atom. The summed E-state index contributed by atoms with van der Waals surface area (Å²) in [4.78, 5) is 36.0. The number of anilines is 1. The summed E-state index contributed by atoms with van der Waals surface area (Å²) in [5.41, 5.74) is 1.33. The van der Waals surface area contributed by atoms with Crippen molar-refractivity contribution >= 4 is 16.7 Å². The van der Waals surface area contributed by atoms with E-state index in [-0.39, 0.29) is 17.2 Å². The molecule has 3 heterocycles. The molecule has 1 unspecified atom stereocenters. The van der Waals surface area contributed by atoms with Crippen LogP contribution in [0.15, 0.2) is 52.3 Å². The molecule has 1 atom stereocenters. The lowest BCUT2D eigenvalue weighted by Crippen LogP contribution is -2.47. The molecule has 4 rings (SSSR count). The van der Waals surface area contributed by atoms with E-state index in [1.165, 1.54) is 6.20 Å². The molecule has 3 N–H and O–H groups in total. The fraction of sp³-hybridized carbons (Fsp3) is 0.316. The summed E-state index contributed by atoms with van der Waals surface area (Å²) in [5.74, 6) is 0.461. The second-order valence-electron chi connectivity index (χ2n) is 6.62. The maximum absolute atomic E-state index is 12.3. The maximum Gasteiger partial charge on any atom is 0.290 e. The zero-order valence-corrected chi connectivity index (χ0v) is 14.4. The Hall–Kier alpha value is -2.93. The number of piperidine rings is 1. The predicted octanol–water partition coefficient (Wildman–Crippen LogP) is 1.37. The average molecular weight is 351 g/mol. The minimum absolute atomic E-state index is 0.0648. The minimum Gasteiger partial charge on any atom is -0.350 e. The van der Waals surface area contributed by atoms with Crippen LogP contribution >= 0.6 is 0 Å². The van der Waals surface area contributed by atoms with Crippen LogP contribution in [0.1, 0.15) is 18.4 Å². The molecule has 0 amide bonds. The standard InChI is InChI=1S/C19H21N5O2/c25-18-14(10-13-4-1-2-6-16(13)23-18)11-22-15-5-3-9-24(12-15)17-19(26)21-8-7-20-17/h1-2,4,6-8,10,15,22H,3,5,9,11-12H2,(H,21,26)(H,23,25). The molecule has 1 aromatic carbocycles. The van der Waals surface area contributed by atoms with E-state index < -0.39 is 0 Å². The number of pyridine rings is 1. The Morgan fingerprint density at radius 2 is 2.12 bits per heavy atom. The van der Waals surface area contributed by atoms with Crippen LogP contribution in [-0.2, 0) is 6.54 Å². The summed E-state index contributed by atoms with van der Waals surface area (Å²) in [6.45, 7) is 2.01. The van der Waals surface area contributed by atoms with E-state index in [1.54, 1.807) is 6.20 Å². The van der Waals surface area contributed by atoms with Crippen molar-refractivity contribution < 1.29 is 0 Å². The highest BCUT2D eigenvalue weighted by atomic mass is 16.1. The lowest BCUT2D eigenvalue weighted by Gasteiger charge is -2.33. The van der Waals surface area contributed by atoms with Gasteiger partial charge in [0, 0.05) is 49.1 Å². The highest BCUT2D eigenvalue weighted by molar-refractivity contribution is 5.78. The monoisotopic (exact) mass is 351 g/mol. The number of hydrogen-bond donors (Lipinski definition) is 3. The molecule has 0 saturated carbocycles. The quantitative estimate of drug-likeness (QED) is 0.660. The van der Waals surface area contributed by atoms with E-state index in [1.807, 2.05) is 35.2 Å². The van der Waals surface area contributed by atoms with Crippen molar-refractivity contribution in [2.45, 2.75) is 25.4 Å². The average Bonchev–Trinajstić information content (AvgIpc) is 2.67. The van der Waals surface area contributed by atoms with Gasteiger partial charge < -0.3 is 20.2 Å². The van der Waals surface area contributed by atoms with E-state index in [0.29, 0.717) is 18.9 Å². The lowest BCUT2D eigenvalue weighted by atomic mass is 10.1. The first-order valence-corrected chi connectivity index (χ1v) is 8.84. The molecule has 2 aromatic heterocycles. The SMILES string of the molecule is O=c1[nH]c2ccccc2cc1CNC1CCCN(c2ncc[nH]c2=O)C1. The number of benzene rings is 1. The third-order valence-corrected chi connectivity index (χ3v) is 4.82. The van der Waals surface area contributed by atoms with Gasteiger partial charge in [-0.1, -0.05) is 18.2 Å². The molecule has 0 spiro atoms. The number of aromatic nitrogens is 3. The number of rotatable bonds is 4. The van der Waals surface area contributed by atoms with Gasteiger partial charge in [0.15, 0.2) is 5.82 Å². The van der Waals surface area contributed by atoms with Gasteiger partial charge in [0.2, 0.25) is 0 Å². The normalized spacial score (nSPS) is 17.5. The summed E-state index contributed by atoms with van der Waals surface area (Å²) in [7, 11) is 0. The van der Waals surface area contributed by atoms with E-state index in [9.17, 15) is 9.59 Å². The first-order valence-electron chi connectivity index (χ1n) is 8.84. The van der Waals surface area contributed by atoms with E-state index >= 15 is 0 Å². The lowest BCUT2D eigenvalue weighted by molar-refractivity contribution is 0.419. The molecule has 3 aromatic rings. The van der Waals surface area contributed by atoms with Gasteiger partial charge in [0.05, 0.1) is 0 Å². The number of nitrogens with one attached hydrogen (secondary N) is 3. The van der Waals surface area contributed by atoms with E-state index in [2.05, 4.69) is 20.3 Å². The molecule has 1 aliphatic heterocycles. The molecule has 0 radical (unpaired) electrons. The number of fused-ring (bicyclic) bond motifs is 1. The Balaban J connectivity index is 1.46. The van der Waals surface area contributed by atoms with Gasteiger partial charge in [-0.25, -0.2) is 4.98 Å². The molecule has 1 saturated heterocycles. The molecule has 134 valence electrons. The van der Waals surface area contributed by atoms with E-state index in [0.717, 1.165) is 35.9 Å². The van der Waals surface area contributed by atoms with Crippen molar-refractivity contribution in [3.8, 4) is 0 Å². The van der Waals surface area contributed by atoms with Crippen LogP contribution in [0.2, 0.25) is 0 Å². The molecule has 1 aliphatic rings. The van der Waals surface area contributed by atoms with Crippen LogP contribution < -0.4 is 21.3 Å². The third-order valence-electron chi connectivity index (χ3n) is 4.82. The molecule has 0 bridgehead atoms. The van der Waals surface area contributed by atoms with E-state index in [4.69, 9.17) is 0 Å². The largest absolute Gasteiger partial charge is 0.350 e. The zero-order chi connectivity index (χ0) is 17.9. The molecule has 0 aliphatic carbocycles. The van der Waals surface area contributed by atoms with Crippen LogP contribution in [-0.4, -0.2) is 34.1 Å². The van der Waals surface area contributed by atoms with Crippen molar-refractivity contribution in [2.75, 3.05) is 18.0 Å². The van der Waals surface area contributed by atoms with Crippen molar-refractivity contribution in [3.05, 3.63) is 69.0 Å². The summed E-state index contributed by atoms with van der Waals surface area (Å²) in [6, 6.07) is 9.90. The third kappa shape index (κ3) is 3.39. The predicted molar refractivity (Wildman–Crippen MR) is 102 cm³/mol. The van der Waals surface area contributed by atoms with Crippen LogP contribution in [0, 0.1) is 0 Å². The molecular formula is C19H21N5O2. The minimum atomic E-state index is -0.167. The fourth-order valence-corrected chi connectivity index (χ4v) is 3.48. The molecular weight excluding hydrogens is 330 g/mol. The van der Waals surface area contributed by atoms with Crippen LogP contribution in [0.25, 0.3) is 10.9 Å². The highest BCUT2D eigenvalue weighted by Crippen LogP contribution is 2.15. The Morgan fingerprint density at radius 1 is 1.23 bits per heavy atom. The number of nitrogens with zero attached hydrogens (tertiary/aromatic N) is 2. The second-order valence-corrected chi connectivity index (χ2v) is 6.62. The topological polar surface area (TPSA) is 93.9 Å². The number of hydrogen-bond acceptors (Lipinski definition) is 5. The first kappa shape index (κ1) is 16.5. The van der Waals surface area contributed by atoms with Crippen LogP contribution in [0.3, 0.4) is 0 Å². The van der Waals surface area contributed by atoms with Crippen LogP contribution in [0.5, 0.6) is 0 Å². The Labute approximate surface area is 150 Å². The van der Waals surface area contributed by atoms with Gasteiger partial charge in [0.1, 0.15) is 0 Å². The maximum atomic E-state index is 12.3. The molecule has 7 nitrogen and oxygen atoms in total. The first-order chi connectivity index (χ1) is 12.7. The number of para-hydroxylation sites is 1. The van der Waals surface area contributed by atoms with Crippen molar-refractivity contribution in [1.29, 1.82) is 0 Å². The molecule has 1 fully saturated rings. The summed E-state index contributed by atoms with van der Waals surface area (Å²) < 4.78 is 0. The summed E-state index contributed by atoms with van der Waals surface area (Å²) >= 11 is 0. The van der Waals surface area contributed by atoms with Gasteiger partial charge in [-0.2, -0.15) is 0 Å². The fourth-order valence-electron chi connectivity index (χ4n) is 3.48. The van der Waals surface area contributed by atoms with Gasteiger partial charge in [-0.15, -0.1) is 0 Å². The van der Waals surface area contributed by atoms with Crippen molar-refractivity contribution in [3.63, 3.8) is 0 Å². The number of H-pyrrole nitrogens is 2. The highest BCUT2D eigenvalue weighted by Gasteiger charge is 2.22. The second kappa shape index (κ2) is 7.13.